The molecule has 1 atom stereocenters. The van der Waals surface area contributed by atoms with Crippen molar-refractivity contribution in [2.45, 2.75) is 13.0 Å². The number of imidazole rings is 1. The lowest BCUT2D eigenvalue weighted by molar-refractivity contribution is -0.682. The Morgan fingerprint density at radius 1 is 1.47 bits per heavy atom. The Morgan fingerprint density at radius 2 is 2.13 bits per heavy atom. The minimum Gasteiger partial charge on any atom is -1.00 e. The van der Waals surface area contributed by atoms with Crippen LogP contribution in [0.3, 0.4) is 0 Å². The Labute approximate surface area is 93.0 Å². The molecule has 2 aromatic rings. The minimum absolute atomic E-state index is 0. The number of carboxylic acids is 1. The third kappa shape index (κ3) is 1.94. The number of carbonyl (C=O) groups is 1. The van der Waals surface area contributed by atoms with Gasteiger partial charge in [-0.25, -0.2) is 14.3 Å². The molecule has 0 saturated heterocycles. The van der Waals surface area contributed by atoms with Gasteiger partial charge in [0.1, 0.15) is 0 Å². The van der Waals surface area contributed by atoms with Crippen molar-refractivity contribution in [2.75, 3.05) is 0 Å². The fourth-order valence-electron chi connectivity index (χ4n) is 1.47. The first-order valence-corrected chi connectivity index (χ1v) is 4.40. The van der Waals surface area contributed by atoms with Gasteiger partial charge in [-0.1, -0.05) is 12.1 Å². The second-order valence-corrected chi connectivity index (χ2v) is 3.21. The lowest BCUT2D eigenvalue weighted by Gasteiger charge is -2.01. The summed E-state index contributed by atoms with van der Waals surface area (Å²) in [6.45, 7) is 1.66. The minimum atomic E-state index is -0.834. The summed E-state index contributed by atoms with van der Waals surface area (Å²) in [5, 5.41) is 8.88. The van der Waals surface area contributed by atoms with Crippen LogP contribution < -0.4 is 17.0 Å². The third-order valence-corrected chi connectivity index (χ3v) is 2.32. The monoisotopic (exact) mass is 226 g/mol. The molecule has 2 N–H and O–H groups in total. The molecule has 5 heteroatoms. The van der Waals surface area contributed by atoms with Crippen LogP contribution in [-0.4, -0.2) is 16.1 Å². The van der Waals surface area contributed by atoms with Crippen molar-refractivity contribution in [3.63, 3.8) is 0 Å². The molecule has 0 aliphatic heterocycles. The summed E-state index contributed by atoms with van der Waals surface area (Å²) in [6, 6.07) is 7.06. The molecule has 0 aliphatic rings. The number of hydrogen-bond donors (Lipinski definition) is 2. The van der Waals surface area contributed by atoms with E-state index in [1.54, 1.807) is 17.8 Å². The van der Waals surface area contributed by atoms with Gasteiger partial charge in [-0.2, -0.15) is 0 Å². The van der Waals surface area contributed by atoms with Crippen LogP contribution in [-0.2, 0) is 4.79 Å². The van der Waals surface area contributed by atoms with E-state index in [9.17, 15) is 4.79 Å². The first-order chi connectivity index (χ1) is 6.70. The van der Waals surface area contributed by atoms with Crippen molar-refractivity contribution in [2.24, 2.45) is 0 Å². The maximum atomic E-state index is 10.8. The van der Waals surface area contributed by atoms with Gasteiger partial charge in [0.15, 0.2) is 17.1 Å². The summed E-state index contributed by atoms with van der Waals surface area (Å²) in [6.07, 6.45) is 1.68. The smallest absolute Gasteiger partial charge is 0.349 e. The molecule has 1 unspecified atom stereocenters. The summed E-state index contributed by atoms with van der Waals surface area (Å²) in [4.78, 5) is 13.8. The summed E-state index contributed by atoms with van der Waals surface area (Å²) in [5.41, 5.74) is 1.85. The normalized spacial score (nSPS) is 12.1. The molecule has 1 aromatic heterocycles. The van der Waals surface area contributed by atoms with Crippen molar-refractivity contribution >= 4 is 17.0 Å². The lowest BCUT2D eigenvalue weighted by Crippen LogP contribution is -3.00. The van der Waals surface area contributed by atoms with E-state index in [-0.39, 0.29) is 12.4 Å². The number of nitrogens with zero attached hydrogens (tertiary/aromatic N) is 1. The van der Waals surface area contributed by atoms with Gasteiger partial charge in [-0.05, 0) is 19.1 Å². The molecule has 0 fully saturated rings. The first kappa shape index (κ1) is 11.5. The highest BCUT2D eigenvalue weighted by molar-refractivity contribution is 5.73. The van der Waals surface area contributed by atoms with E-state index < -0.39 is 12.0 Å². The zero-order chi connectivity index (χ0) is 10.1. The van der Waals surface area contributed by atoms with Crippen LogP contribution in [0.1, 0.15) is 13.0 Å². The van der Waals surface area contributed by atoms with E-state index in [0.29, 0.717) is 0 Å². The van der Waals surface area contributed by atoms with Gasteiger partial charge < -0.3 is 17.5 Å². The maximum Gasteiger partial charge on any atom is 0.349 e. The van der Waals surface area contributed by atoms with Gasteiger partial charge in [0.2, 0.25) is 6.33 Å². The third-order valence-electron chi connectivity index (χ3n) is 2.32. The highest BCUT2D eigenvalue weighted by Crippen LogP contribution is 2.08. The Morgan fingerprint density at radius 3 is 2.80 bits per heavy atom. The number of H-pyrrole nitrogens is 1. The average molecular weight is 227 g/mol. The fraction of sp³-hybridized carbons (Fsp3) is 0.200. The van der Waals surface area contributed by atoms with Crippen molar-refractivity contribution in [3.8, 4) is 0 Å². The number of rotatable bonds is 2. The number of carboxylic acid groups (broad SMARTS) is 1. The van der Waals surface area contributed by atoms with E-state index in [1.165, 1.54) is 0 Å². The van der Waals surface area contributed by atoms with Crippen LogP contribution in [0, 0.1) is 0 Å². The maximum absolute atomic E-state index is 10.8. The van der Waals surface area contributed by atoms with Crippen molar-refractivity contribution < 1.29 is 26.9 Å². The highest BCUT2D eigenvalue weighted by Gasteiger charge is 2.21. The Hall–Kier alpha value is -1.55. The Balaban J connectivity index is 0.00000112. The molecule has 1 aromatic carbocycles. The van der Waals surface area contributed by atoms with E-state index in [1.807, 2.05) is 24.3 Å². The van der Waals surface area contributed by atoms with Crippen LogP contribution in [0.5, 0.6) is 0 Å². The molecule has 4 nitrogen and oxygen atoms in total. The molecular weight excluding hydrogens is 216 g/mol. The number of nitrogens with one attached hydrogen (secondary N) is 1. The van der Waals surface area contributed by atoms with Crippen LogP contribution in [0.15, 0.2) is 30.6 Å². The molecule has 80 valence electrons. The molecule has 0 saturated carbocycles. The molecular formula is C10H11ClN2O2. The van der Waals surface area contributed by atoms with Gasteiger partial charge in [-0.3, -0.25) is 0 Å². The van der Waals surface area contributed by atoms with Gasteiger partial charge in [0.25, 0.3) is 0 Å². The number of benzene rings is 1. The molecule has 0 amide bonds. The predicted octanol–water partition coefficient (Wildman–Crippen LogP) is -1.89. The van der Waals surface area contributed by atoms with E-state index in [0.717, 1.165) is 11.0 Å². The predicted molar refractivity (Wildman–Crippen MR) is 50.8 cm³/mol. The van der Waals surface area contributed by atoms with Crippen LogP contribution in [0.4, 0.5) is 0 Å². The number of aromatic amines is 1. The van der Waals surface area contributed by atoms with Gasteiger partial charge in [-0.15, -0.1) is 0 Å². The van der Waals surface area contributed by atoms with Crippen molar-refractivity contribution in [3.05, 3.63) is 30.6 Å². The fourth-order valence-corrected chi connectivity index (χ4v) is 1.47. The summed E-state index contributed by atoms with van der Waals surface area (Å²) in [7, 11) is 0. The molecule has 0 aliphatic carbocycles. The second kappa shape index (κ2) is 4.31. The molecule has 2 rings (SSSR count). The molecule has 15 heavy (non-hydrogen) atoms. The van der Waals surface area contributed by atoms with Gasteiger partial charge in [0.05, 0.1) is 0 Å². The highest BCUT2D eigenvalue weighted by atomic mass is 35.5. The second-order valence-electron chi connectivity index (χ2n) is 3.21. The van der Waals surface area contributed by atoms with Crippen molar-refractivity contribution in [1.82, 2.24) is 4.98 Å². The Bertz CT molecular complexity index is 481. The molecule has 0 spiro atoms. The van der Waals surface area contributed by atoms with Crippen molar-refractivity contribution in [1.29, 1.82) is 0 Å². The molecule has 0 radical (unpaired) electrons. The van der Waals surface area contributed by atoms with E-state index >= 15 is 0 Å². The SMILES string of the molecule is CC(C(=O)O)[n+]1c[nH]c2ccccc21.[Cl-]. The molecule has 0 bridgehead atoms. The summed E-state index contributed by atoms with van der Waals surface area (Å²) in [5.74, 6) is -0.834. The number of halogens is 1. The Kier molecular flexibility index (Phi) is 3.31. The molecule has 1 heterocycles. The zero-order valence-corrected chi connectivity index (χ0v) is 8.90. The quantitative estimate of drug-likeness (QED) is 0.588. The van der Waals surface area contributed by atoms with Crippen LogP contribution in [0.2, 0.25) is 0 Å². The standard InChI is InChI=1S/C10H10N2O2.ClH/c1-7(10(13)14)12-6-11-8-4-2-3-5-9(8)12;/h2-7H,1H3,(H,13,14);1H. The summed E-state index contributed by atoms with van der Waals surface area (Å²) >= 11 is 0. The number of aromatic nitrogens is 2. The number of para-hydroxylation sites is 2. The first-order valence-electron chi connectivity index (χ1n) is 4.40. The number of aliphatic carboxylic acids is 1. The van der Waals surface area contributed by atoms with E-state index in [2.05, 4.69) is 4.98 Å². The number of hydrogen-bond acceptors (Lipinski definition) is 1. The van der Waals surface area contributed by atoms with E-state index in [4.69, 9.17) is 5.11 Å². The zero-order valence-electron chi connectivity index (χ0n) is 8.14. The lowest BCUT2D eigenvalue weighted by atomic mass is 10.3. The van der Waals surface area contributed by atoms with Gasteiger partial charge in [0, 0.05) is 0 Å². The summed E-state index contributed by atoms with van der Waals surface area (Å²) < 4.78 is 1.71. The average Bonchev–Trinajstić information content (AvgIpc) is 2.60. The topological polar surface area (TPSA) is 57.0 Å². The van der Waals surface area contributed by atoms with Crippen LogP contribution in [0.25, 0.3) is 11.0 Å². The van der Waals surface area contributed by atoms with Crippen LogP contribution >= 0.6 is 0 Å². The van der Waals surface area contributed by atoms with Gasteiger partial charge >= 0.3 is 5.97 Å². The largest absolute Gasteiger partial charge is 1.00 e. The number of fused-ring (bicyclic) bond motifs is 1.